The Morgan fingerprint density at radius 1 is 1.13 bits per heavy atom. The number of carbonyl (C=O) groups excluding carboxylic acids is 1. The van der Waals surface area contributed by atoms with E-state index in [9.17, 15) is 9.18 Å². The first-order valence-electron chi connectivity index (χ1n) is 9.78. The third-order valence-electron chi connectivity index (χ3n) is 4.83. The van der Waals surface area contributed by atoms with Gasteiger partial charge in [-0.1, -0.05) is 30.4 Å². The first kappa shape index (κ1) is 20.2. The second-order valence-electron chi connectivity index (χ2n) is 7.09. The number of hydrogen-bond acceptors (Lipinski definition) is 6. The van der Waals surface area contributed by atoms with Gasteiger partial charge in [-0.15, -0.1) is 0 Å². The molecule has 1 amide bonds. The van der Waals surface area contributed by atoms with Crippen molar-refractivity contribution in [3.05, 3.63) is 90.2 Å². The topological polar surface area (TPSA) is 106 Å². The molecule has 2 aromatic heterocycles. The van der Waals surface area contributed by atoms with Crippen LogP contribution >= 0.6 is 0 Å². The Morgan fingerprint density at radius 3 is 2.61 bits per heavy atom. The number of nitrogens with two attached hydrogens (primary N) is 1. The molecular weight excluding hydrogens is 395 g/mol. The zero-order chi connectivity index (χ0) is 21.6. The molecule has 4 rings (SSSR count). The standard InChI is InChI=1S/C23H21FN6O/c24-19-7-1-15(2-8-19)13-28-20-11-18(16-3-5-17(6-4-16)23(25)31)12-21(29-20)30-22-14-26-9-10-27-22/h1-5,7-12,14,17H,6,13H2,(H2,25,31)(H2,27,28,29,30). The van der Waals surface area contributed by atoms with Crippen LogP contribution in [0.1, 0.15) is 17.5 Å². The summed E-state index contributed by atoms with van der Waals surface area (Å²) in [7, 11) is 0. The Labute approximate surface area is 179 Å². The number of allylic oxidation sites excluding steroid dienone is 3. The summed E-state index contributed by atoms with van der Waals surface area (Å²) in [5.74, 6) is 0.889. The van der Waals surface area contributed by atoms with E-state index in [1.807, 2.05) is 30.4 Å². The van der Waals surface area contributed by atoms with Crippen LogP contribution in [0.4, 0.5) is 21.8 Å². The molecule has 1 atom stereocenters. The maximum Gasteiger partial charge on any atom is 0.224 e. The number of aromatic nitrogens is 3. The molecule has 4 N–H and O–H groups in total. The maximum atomic E-state index is 13.2. The molecule has 1 unspecified atom stereocenters. The number of benzene rings is 1. The molecule has 0 saturated carbocycles. The van der Waals surface area contributed by atoms with Crippen LogP contribution in [0.2, 0.25) is 0 Å². The van der Waals surface area contributed by atoms with Crippen LogP contribution in [0.15, 0.2) is 73.2 Å². The highest BCUT2D eigenvalue weighted by molar-refractivity contribution is 5.84. The highest BCUT2D eigenvalue weighted by atomic mass is 19.1. The van der Waals surface area contributed by atoms with Crippen LogP contribution in [-0.2, 0) is 11.3 Å². The average Bonchev–Trinajstić information content (AvgIpc) is 2.79. The number of amides is 1. The van der Waals surface area contributed by atoms with E-state index in [1.165, 1.54) is 12.1 Å². The highest BCUT2D eigenvalue weighted by Crippen LogP contribution is 2.28. The SMILES string of the molecule is NC(=O)C1C=CC(c2cc(NCc3ccc(F)cc3)nc(Nc3cnccn3)c2)=CC1. The first-order chi connectivity index (χ1) is 15.1. The van der Waals surface area contributed by atoms with Gasteiger partial charge in [-0.05, 0) is 47.4 Å². The summed E-state index contributed by atoms with van der Waals surface area (Å²) in [6.07, 6.45) is 11.0. The van der Waals surface area contributed by atoms with Crippen molar-refractivity contribution in [2.75, 3.05) is 10.6 Å². The van der Waals surface area contributed by atoms with E-state index in [0.29, 0.717) is 30.4 Å². The lowest BCUT2D eigenvalue weighted by Gasteiger charge is -2.16. The molecule has 1 aromatic carbocycles. The summed E-state index contributed by atoms with van der Waals surface area (Å²) in [6, 6.07) is 10.1. The number of nitrogens with one attached hydrogen (secondary N) is 2. The minimum absolute atomic E-state index is 0.274. The van der Waals surface area contributed by atoms with Gasteiger partial charge in [-0.25, -0.2) is 14.4 Å². The van der Waals surface area contributed by atoms with Gasteiger partial charge in [0.05, 0.1) is 12.1 Å². The lowest BCUT2D eigenvalue weighted by atomic mass is 9.93. The predicted octanol–water partition coefficient (Wildman–Crippen LogP) is 3.81. The van der Waals surface area contributed by atoms with Gasteiger partial charge in [-0.2, -0.15) is 0 Å². The fourth-order valence-electron chi connectivity index (χ4n) is 3.19. The number of hydrogen-bond donors (Lipinski definition) is 3. The van der Waals surface area contributed by atoms with Crippen LogP contribution in [0.25, 0.3) is 5.57 Å². The van der Waals surface area contributed by atoms with Gasteiger partial charge in [-0.3, -0.25) is 9.78 Å². The summed E-state index contributed by atoms with van der Waals surface area (Å²) in [4.78, 5) is 24.3. The molecule has 0 aliphatic heterocycles. The Hall–Kier alpha value is -4.07. The van der Waals surface area contributed by atoms with Crippen molar-refractivity contribution in [2.24, 2.45) is 11.7 Å². The van der Waals surface area contributed by atoms with Gasteiger partial charge in [0.2, 0.25) is 5.91 Å². The Morgan fingerprint density at radius 2 is 1.94 bits per heavy atom. The third-order valence-corrected chi connectivity index (χ3v) is 4.83. The van der Waals surface area contributed by atoms with Crippen LogP contribution in [-0.4, -0.2) is 20.9 Å². The molecule has 1 aliphatic rings. The molecule has 0 fully saturated rings. The molecule has 0 bridgehead atoms. The van der Waals surface area contributed by atoms with E-state index >= 15 is 0 Å². The van der Waals surface area contributed by atoms with E-state index < -0.39 is 0 Å². The van der Waals surface area contributed by atoms with Crippen LogP contribution in [0, 0.1) is 11.7 Å². The third kappa shape index (κ3) is 5.30. The zero-order valence-electron chi connectivity index (χ0n) is 16.6. The van der Waals surface area contributed by atoms with Crippen molar-refractivity contribution in [3.8, 4) is 0 Å². The van der Waals surface area contributed by atoms with E-state index in [4.69, 9.17) is 5.73 Å². The molecule has 31 heavy (non-hydrogen) atoms. The van der Waals surface area contributed by atoms with Crippen molar-refractivity contribution in [3.63, 3.8) is 0 Å². The summed E-state index contributed by atoms with van der Waals surface area (Å²) in [6.45, 7) is 0.486. The number of carbonyl (C=O) groups is 1. The number of anilines is 3. The molecule has 1 aliphatic carbocycles. The maximum absolute atomic E-state index is 13.2. The molecule has 0 radical (unpaired) electrons. The predicted molar refractivity (Wildman–Crippen MR) is 118 cm³/mol. The van der Waals surface area contributed by atoms with Crippen LogP contribution < -0.4 is 16.4 Å². The summed E-state index contributed by atoms with van der Waals surface area (Å²) >= 11 is 0. The minimum Gasteiger partial charge on any atom is -0.369 e. The normalized spacial score (nSPS) is 15.3. The average molecular weight is 416 g/mol. The fourth-order valence-corrected chi connectivity index (χ4v) is 3.19. The van der Waals surface area contributed by atoms with Gasteiger partial charge in [0.15, 0.2) is 0 Å². The van der Waals surface area contributed by atoms with Gasteiger partial charge >= 0.3 is 0 Å². The van der Waals surface area contributed by atoms with Crippen LogP contribution in [0.5, 0.6) is 0 Å². The molecule has 8 heteroatoms. The molecule has 2 heterocycles. The minimum atomic E-state index is -0.340. The second-order valence-corrected chi connectivity index (χ2v) is 7.09. The Kier molecular flexibility index (Phi) is 5.98. The van der Waals surface area contributed by atoms with Crippen molar-refractivity contribution in [1.29, 1.82) is 0 Å². The van der Waals surface area contributed by atoms with Crippen molar-refractivity contribution < 1.29 is 9.18 Å². The highest BCUT2D eigenvalue weighted by Gasteiger charge is 2.16. The van der Waals surface area contributed by atoms with Crippen molar-refractivity contribution in [1.82, 2.24) is 15.0 Å². The lowest BCUT2D eigenvalue weighted by molar-refractivity contribution is -0.120. The molecule has 3 aromatic rings. The number of rotatable bonds is 7. The number of halogens is 1. The fraction of sp³-hybridized carbons (Fsp3) is 0.130. The molecule has 7 nitrogen and oxygen atoms in total. The second kappa shape index (κ2) is 9.17. The number of pyridine rings is 1. The molecule has 156 valence electrons. The van der Waals surface area contributed by atoms with Gasteiger partial charge in [0.25, 0.3) is 0 Å². The Balaban J connectivity index is 1.59. The summed E-state index contributed by atoms with van der Waals surface area (Å²) < 4.78 is 13.2. The quantitative estimate of drug-likeness (QED) is 0.541. The van der Waals surface area contributed by atoms with E-state index in [1.54, 1.807) is 30.7 Å². The Bertz CT molecular complexity index is 1130. The van der Waals surface area contributed by atoms with Crippen molar-refractivity contribution >= 4 is 28.9 Å². The van der Waals surface area contributed by atoms with E-state index in [-0.39, 0.29) is 17.6 Å². The monoisotopic (exact) mass is 416 g/mol. The van der Waals surface area contributed by atoms with E-state index in [2.05, 4.69) is 25.6 Å². The van der Waals surface area contributed by atoms with Gasteiger partial charge in [0, 0.05) is 18.9 Å². The molecule has 0 saturated heterocycles. The summed E-state index contributed by atoms with van der Waals surface area (Å²) in [5.41, 5.74) is 8.22. The van der Waals surface area contributed by atoms with Gasteiger partial charge < -0.3 is 16.4 Å². The number of nitrogens with zero attached hydrogens (tertiary/aromatic N) is 3. The van der Waals surface area contributed by atoms with Crippen LogP contribution in [0.3, 0.4) is 0 Å². The largest absolute Gasteiger partial charge is 0.369 e. The van der Waals surface area contributed by atoms with Crippen molar-refractivity contribution in [2.45, 2.75) is 13.0 Å². The lowest BCUT2D eigenvalue weighted by Crippen LogP contribution is -2.22. The first-order valence-corrected chi connectivity index (χ1v) is 9.78. The van der Waals surface area contributed by atoms with Gasteiger partial charge in [0.1, 0.15) is 23.3 Å². The smallest absolute Gasteiger partial charge is 0.224 e. The van der Waals surface area contributed by atoms with E-state index in [0.717, 1.165) is 16.7 Å². The molecule has 0 spiro atoms. The summed E-state index contributed by atoms with van der Waals surface area (Å²) in [5, 5.41) is 6.43. The molecular formula is C23H21FN6O. The zero-order valence-corrected chi connectivity index (χ0v) is 16.6. The number of primary amides is 1.